The lowest BCUT2D eigenvalue weighted by molar-refractivity contribution is -0.00571. The van der Waals surface area contributed by atoms with Gasteiger partial charge in [0.1, 0.15) is 0 Å². The van der Waals surface area contributed by atoms with E-state index in [1.807, 2.05) is 0 Å². The second-order valence-corrected chi connectivity index (χ2v) is 7.66. The minimum atomic E-state index is -0.159. The van der Waals surface area contributed by atoms with Crippen LogP contribution in [0, 0.1) is 5.92 Å². The Morgan fingerprint density at radius 2 is 1.71 bits per heavy atom. The smallest absolute Gasteiger partial charge is 0.0906 e. The molecule has 0 aromatic rings. The molecule has 1 saturated heterocycles. The Balaban J connectivity index is 1.64. The van der Waals surface area contributed by atoms with Gasteiger partial charge in [-0.15, -0.1) is 0 Å². The number of hydrogen-bond acceptors (Lipinski definition) is 2. The van der Waals surface area contributed by atoms with E-state index in [9.17, 15) is 4.39 Å². The van der Waals surface area contributed by atoms with Crippen LogP contribution < -0.4 is 5.32 Å². The van der Waals surface area contributed by atoms with Gasteiger partial charge in [-0.2, -0.15) is 0 Å². The first-order valence-electron chi connectivity index (χ1n) is 9.38. The van der Waals surface area contributed by atoms with Crippen molar-refractivity contribution in [1.29, 1.82) is 0 Å². The molecule has 2 nitrogen and oxygen atoms in total. The minimum absolute atomic E-state index is 0.159. The third-order valence-electron chi connectivity index (χ3n) is 6.35. The van der Waals surface area contributed by atoms with E-state index in [0.717, 1.165) is 25.4 Å². The maximum atomic E-state index is 12.7. The molecule has 1 aliphatic heterocycles. The van der Waals surface area contributed by atoms with Gasteiger partial charge in [-0.1, -0.05) is 38.5 Å². The number of nitrogens with zero attached hydrogens (tertiary/aromatic N) is 1. The fourth-order valence-electron chi connectivity index (χ4n) is 5.06. The molecule has 3 fully saturated rings. The summed E-state index contributed by atoms with van der Waals surface area (Å²) in [4.78, 5) is 2.70. The Bertz CT molecular complexity index is 308. The number of halogens is 1. The highest BCUT2D eigenvalue weighted by Gasteiger charge is 2.43. The maximum absolute atomic E-state index is 12.7. The van der Waals surface area contributed by atoms with Gasteiger partial charge in [-0.05, 0) is 38.0 Å². The largest absolute Gasteiger partial charge is 0.311 e. The molecule has 1 unspecified atom stereocenters. The first kappa shape index (κ1) is 15.7. The Morgan fingerprint density at radius 1 is 1.00 bits per heavy atom. The molecule has 122 valence electrons. The molecule has 0 aromatic heterocycles. The minimum Gasteiger partial charge on any atom is -0.311 e. The van der Waals surface area contributed by atoms with Crippen LogP contribution in [0.1, 0.15) is 70.6 Å². The molecule has 1 spiro atoms. The van der Waals surface area contributed by atoms with Crippen molar-refractivity contribution in [3.05, 3.63) is 0 Å². The van der Waals surface area contributed by atoms with Gasteiger partial charge in [-0.25, -0.2) is 0 Å². The van der Waals surface area contributed by atoms with E-state index in [0.29, 0.717) is 11.6 Å². The van der Waals surface area contributed by atoms with E-state index in [-0.39, 0.29) is 6.67 Å². The van der Waals surface area contributed by atoms with Crippen molar-refractivity contribution < 1.29 is 4.39 Å². The van der Waals surface area contributed by atoms with E-state index >= 15 is 0 Å². The fraction of sp³-hybridized carbons (Fsp3) is 1.00. The third kappa shape index (κ3) is 3.61. The Labute approximate surface area is 129 Å². The third-order valence-corrected chi connectivity index (χ3v) is 6.35. The van der Waals surface area contributed by atoms with Gasteiger partial charge in [0.2, 0.25) is 0 Å². The topological polar surface area (TPSA) is 15.3 Å². The van der Waals surface area contributed by atoms with Crippen LogP contribution in [0.4, 0.5) is 4.39 Å². The molecular weight excluding hydrogens is 263 g/mol. The summed E-state index contributed by atoms with van der Waals surface area (Å²) in [5, 5.41) is 3.92. The molecule has 3 rings (SSSR count). The van der Waals surface area contributed by atoms with E-state index < -0.39 is 0 Å². The SMILES string of the molecule is FCCCN1CC(C2CCCCC2)NCC12CCCCC2. The van der Waals surface area contributed by atoms with Gasteiger partial charge in [0.05, 0.1) is 6.67 Å². The van der Waals surface area contributed by atoms with Crippen LogP contribution in [0.2, 0.25) is 0 Å². The highest BCUT2D eigenvalue weighted by atomic mass is 19.1. The lowest BCUT2D eigenvalue weighted by atomic mass is 9.75. The van der Waals surface area contributed by atoms with Crippen LogP contribution in [0.3, 0.4) is 0 Å². The number of rotatable bonds is 4. The van der Waals surface area contributed by atoms with Gasteiger partial charge in [0.15, 0.2) is 0 Å². The molecule has 1 heterocycles. The van der Waals surface area contributed by atoms with Crippen molar-refractivity contribution in [3.8, 4) is 0 Å². The molecule has 0 radical (unpaired) electrons. The quantitative estimate of drug-likeness (QED) is 0.846. The maximum Gasteiger partial charge on any atom is 0.0906 e. The summed E-state index contributed by atoms with van der Waals surface area (Å²) in [5.74, 6) is 0.868. The molecule has 21 heavy (non-hydrogen) atoms. The van der Waals surface area contributed by atoms with Gasteiger partial charge in [-0.3, -0.25) is 9.29 Å². The zero-order valence-corrected chi connectivity index (χ0v) is 13.6. The van der Waals surface area contributed by atoms with Crippen molar-refractivity contribution in [3.63, 3.8) is 0 Å². The van der Waals surface area contributed by atoms with E-state index in [2.05, 4.69) is 10.2 Å². The molecule has 2 saturated carbocycles. The normalized spacial score (nSPS) is 31.6. The van der Waals surface area contributed by atoms with Crippen molar-refractivity contribution in [2.24, 2.45) is 5.92 Å². The van der Waals surface area contributed by atoms with Crippen molar-refractivity contribution in [2.45, 2.75) is 82.2 Å². The second kappa shape index (κ2) is 7.41. The molecule has 0 aromatic carbocycles. The summed E-state index contributed by atoms with van der Waals surface area (Å²) in [7, 11) is 0. The molecule has 1 atom stereocenters. The molecular formula is C18H33FN2. The van der Waals surface area contributed by atoms with E-state index in [1.165, 1.54) is 70.8 Å². The average molecular weight is 296 g/mol. The van der Waals surface area contributed by atoms with Gasteiger partial charge in [0.25, 0.3) is 0 Å². The zero-order chi connectivity index (χ0) is 14.5. The fourth-order valence-corrected chi connectivity index (χ4v) is 5.06. The van der Waals surface area contributed by atoms with Crippen molar-refractivity contribution in [2.75, 3.05) is 26.3 Å². The monoisotopic (exact) mass is 296 g/mol. The summed E-state index contributed by atoms with van der Waals surface area (Å²) >= 11 is 0. The van der Waals surface area contributed by atoms with Crippen LogP contribution in [0.15, 0.2) is 0 Å². The van der Waals surface area contributed by atoms with Crippen LogP contribution in [-0.4, -0.2) is 42.8 Å². The Morgan fingerprint density at radius 3 is 2.43 bits per heavy atom. The van der Waals surface area contributed by atoms with E-state index in [4.69, 9.17) is 0 Å². The number of alkyl halides is 1. The average Bonchev–Trinajstić information content (AvgIpc) is 2.56. The van der Waals surface area contributed by atoms with Crippen LogP contribution in [0.25, 0.3) is 0 Å². The summed E-state index contributed by atoms with van der Waals surface area (Å²) in [6.07, 6.45) is 14.6. The Hall–Kier alpha value is -0.150. The lowest BCUT2D eigenvalue weighted by Gasteiger charge is -2.53. The molecule has 1 N–H and O–H groups in total. The highest BCUT2D eigenvalue weighted by Crippen LogP contribution is 2.37. The number of piperazine rings is 1. The van der Waals surface area contributed by atoms with Gasteiger partial charge in [0, 0.05) is 31.2 Å². The molecule has 0 amide bonds. The van der Waals surface area contributed by atoms with Crippen LogP contribution in [0.5, 0.6) is 0 Å². The van der Waals surface area contributed by atoms with Crippen molar-refractivity contribution in [1.82, 2.24) is 10.2 Å². The van der Waals surface area contributed by atoms with Gasteiger partial charge >= 0.3 is 0 Å². The van der Waals surface area contributed by atoms with Crippen LogP contribution >= 0.6 is 0 Å². The zero-order valence-electron chi connectivity index (χ0n) is 13.6. The first-order chi connectivity index (χ1) is 10.3. The molecule has 0 bridgehead atoms. The molecule has 3 heteroatoms. The molecule has 2 aliphatic carbocycles. The second-order valence-electron chi connectivity index (χ2n) is 7.66. The predicted octanol–water partition coefficient (Wildman–Crippen LogP) is 3.90. The lowest BCUT2D eigenvalue weighted by Crippen LogP contribution is -2.66. The summed E-state index contributed by atoms with van der Waals surface area (Å²) < 4.78 is 12.7. The van der Waals surface area contributed by atoms with Crippen LogP contribution in [-0.2, 0) is 0 Å². The number of hydrogen-bond donors (Lipinski definition) is 1. The first-order valence-corrected chi connectivity index (χ1v) is 9.38. The standard InChI is InChI=1S/C18H33FN2/c19-12-7-13-21-14-17(16-8-3-1-4-9-16)20-15-18(21)10-5-2-6-11-18/h16-17,20H,1-15H2. The summed E-state index contributed by atoms with van der Waals surface area (Å²) in [6.45, 7) is 3.14. The number of nitrogens with one attached hydrogen (secondary N) is 1. The summed E-state index contributed by atoms with van der Waals surface area (Å²) in [5.41, 5.74) is 0.360. The van der Waals surface area contributed by atoms with E-state index in [1.54, 1.807) is 0 Å². The van der Waals surface area contributed by atoms with Crippen molar-refractivity contribution >= 4 is 0 Å². The predicted molar refractivity (Wildman–Crippen MR) is 86.3 cm³/mol. The molecule has 3 aliphatic rings. The summed E-state index contributed by atoms with van der Waals surface area (Å²) in [6, 6.07) is 0.664. The highest BCUT2D eigenvalue weighted by molar-refractivity contribution is 5.01. The van der Waals surface area contributed by atoms with Gasteiger partial charge < -0.3 is 5.32 Å². The Kier molecular flexibility index (Phi) is 5.55.